The molecule has 1 saturated heterocycles. The van der Waals surface area contributed by atoms with E-state index < -0.39 is 0 Å². The molecule has 1 heterocycles. The van der Waals surface area contributed by atoms with Crippen LogP contribution in [-0.4, -0.2) is 37.4 Å². The van der Waals surface area contributed by atoms with E-state index in [1.807, 2.05) is 31.2 Å². The standard InChI is InChI=1S/C17H27N3O2/c1-5-12(2)18-17(21)19-15-8-6-7-9-16(15)20-10-13(3)22-14(4)11-20/h6-9,12-14H,5,10-11H2,1-4H3,(H2,18,19,21)/t12-,13+,14+/m0/s1. The number of amides is 2. The Hall–Kier alpha value is -1.75. The summed E-state index contributed by atoms with van der Waals surface area (Å²) in [6.45, 7) is 9.86. The first-order valence-corrected chi connectivity index (χ1v) is 8.06. The highest BCUT2D eigenvalue weighted by Gasteiger charge is 2.24. The fraction of sp³-hybridized carbons (Fsp3) is 0.588. The first-order valence-electron chi connectivity index (χ1n) is 8.06. The van der Waals surface area contributed by atoms with Crippen molar-refractivity contribution in [2.75, 3.05) is 23.3 Å². The molecule has 1 aliphatic rings. The van der Waals surface area contributed by atoms with Crippen LogP contribution in [0.3, 0.4) is 0 Å². The van der Waals surface area contributed by atoms with Gasteiger partial charge in [-0.05, 0) is 39.3 Å². The summed E-state index contributed by atoms with van der Waals surface area (Å²) in [5, 5.41) is 5.90. The maximum absolute atomic E-state index is 12.1. The number of hydrogen-bond acceptors (Lipinski definition) is 3. The number of rotatable bonds is 4. The van der Waals surface area contributed by atoms with Gasteiger partial charge in [0.2, 0.25) is 0 Å². The minimum atomic E-state index is -0.156. The fourth-order valence-electron chi connectivity index (χ4n) is 2.71. The van der Waals surface area contributed by atoms with Crippen molar-refractivity contribution in [2.45, 2.75) is 52.4 Å². The lowest BCUT2D eigenvalue weighted by Gasteiger charge is -2.37. The van der Waals surface area contributed by atoms with Crippen molar-refractivity contribution in [1.29, 1.82) is 0 Å². The Morgan fingerprint density at radius 2 is 1.95 bits per heavy atom. The predicted molar refractivity (Wildman–Crippen MR) is 90.6 cm³/mol. The second-order valence-electron chi connectivity index (χ2n) is 6.09. The highest BCUT2D eigenvalue weighted by molar-refractivity contribution is 5.93. The summed E-state index contributed by atoms with van der Waals surface area (Å²) in [7, 11) is 0. The van der Waals surface area contributed by atoms with Gasteiger partial charge in [-0.25, -0.2) is 4.79 Å². The smallest absolute Gasteiger partial charge is 0.319 e. The summed E-state index contributed by atoms with van der Waals surface area (Å²) >= 11 is 0. The van der Waals surface area contributed by atoms with Crippen LogP contribution in [0.15, 0.2) is 24.3 Å². The van der Waals surface area contributed by atoms with Gasteiger partial charge in [-0.1, -0.05) is 19.1 Å². The molecule has 1 aliphatic heterocycles. The van der Waals surface area contributed by atoms with Crippen LogP contribution in [0, 0.1) is 0 Å². The molecule has 2 rings (SSSR count). The van der Waals surface area contributed by atoms with E-state index in [4.69, 9.17) is 4.74 Å². The Morgan fingerprint density at radius 3 is 2.59 bits per heavy atom. The highest BCUT2D eigenvalue weighted by atomic mass is 16.5. The van der Waals surface area contributed by atoms with Crippen LogP contribution in [0.2, 0.25) is 0 Å². The quantitative estimate of drug-likeness (QED) is 0.898. The summed E-state index contributed by atoms with van der Waals surface area (Å²) < 4.78 is 5.78. The summed E-state index contributed by atoms with van der Waals surface area (Å²) in [6.07, 6.45) is 1.28. The topological polar surface area (TPSA) is 53.6 Å². The van der Waals surface area contributed by atoms with E-state index in [9.17, 15) is 4.79 Å². The van der Waals surface area contributed by atoms with Gasteiger partial charge < -0.3 is 20.3 Å². The van der Waals surface area contributed by atoms with Gasteiger partial charge in [0.25, 0.3) is 0 Å². The second kappa shape index (κ2) is 7.49. The molecule has 2 amide bonds. The van der Waals surface area contributed by atoms with Gasteiger partial charge in [-0.15, -0.1) is 0 Å². The van der Waals surface area contributed by atoms with Crippen molar-refractivity contribution in [2.24, 2.45) is 0 Å². The van der Waals surface area contributed by atoms with E-state index in [1.165, 1.54) is 0 Å². The van der Waals surface area contributed by atoms with Crippen LogP contribution < -0.4 is 15.5 Å². The zero-order valence-corrected chi connectivity index (χ0v) is 13.9. The Bertz CT molecular complexity index is 496. The van der Waals surface area contributed by atoms with Gasteiger partial charge >= 0.3 is 6.03 Å². The van der Waals surface area contributed by atoms with Crippen LogP contribution in [-0.2, 0) is 4.74 Å². The van der Waals surface area contributed by atoms with E-state index >= 15 is 0 Å². The molecule has 1 fully saturated rings. The average Bonchev–Trinajstić information content (AvgIpc) is 2.46. The van der Waals surface area contributed by atoms with Gasteiger partial charge in [0.05, 0.1) is 23.6 Å². The van der Waals surface area contributed by atoms with Crippen molar-refractivity contribution in [3.05, 3.63) is 24.3 Å². The molecule has 0 aliphatic carbocycles. The first kappa shape index (κ1) is 16.6. The summed E-state index contributed by atoms with van der Waals surface area (Å²) in [4.78, 5) is 14.4. The van der Waals surface area contributed by atoms with E-state index in [-0.39, 0.29) is 24.3 Å². The second-order valence-corrected chi connectivity index (χ2v) is 6.09. The molecule has 2 N–H and O–H groups in total. The maximum Gasteiger partial charge on any atom is 0.319 e. The number of carbonyl (C=O) groups is 1. The Morgan fingerprint density at radius 1 is 1.32 bits per heavy atom. The van der Waals surface area contributed by atoms with Crippen LogP contribution in [0.1, 0.15) is 34.1 Å². The first-order chi connectivity index (χ1) is 10.5. The number of carbonyl (C=O) groups excluding carboxylic acids is 1. The number of urea groups is 1. The molecule has 0 aromatic heterocycles. The molecule has 5 heteroatoms. The molecule has 0 unspecified atom stereocenters. The van der Waals surface area contributed by atoms with Gasteiger partial charge in [0.1, 0.15) is 0 Å². The summed E-state index contributed by atoms with van der Waals surface area (Å²) in [5.74, 6) is 0. The van der Waals surface area contributed by atoms with E-state index in [0.29, 0.717) is 0 Å². The maximum atomic E-state index is 12.1. The summed E-state index contributed by atoms with van der Waals surface area (Å²) in [5.41, 5.74) is 1.88. The van der Waals surface area contributed by atoms with Crippen LogP contribution in [0.4, 0.5) is 16.2 Å². The van der Waals surface area contributed by atoms with Gasteiger partial charge in [0, 0.05) is 19.1 Å². The van der Waals surface area contributed by atoms with Crippen molar-refractivity contribution >= 4 is 17.4 Å². The Balaban J connectivity index is 2.11. The number of benzene rings is 1. The normalized spacial score (nSPS) is 23.0. The summed E-state index contributed by atoms with van der Waals surface area (Å²) in [6, 6.07) is 7.93. The minimum absolute atomic E-state index is 0.156. The number of anilines is 2. The van der Waals surface area contributed by atoms with Crippen molar-refractivity contribution in [3.63, 3.8) is 0 Å². The molecule has 1 aromatic carbocycles. The molecular formula is C17H27N3O2. The number of para-hydroxylation sites is 2. The largest absolute Gasteiger partial charge is 0.372 e. The number of nitrogens with one attached hydrogen (secondary N) is 2. The van der Waals surface area contributed by atoms with Crippen LogP contribution in [0.5, 0.6) is 0 Å². The van der Waals surface area contributed by atoms with Gasteiger partial charge in [-0.3, -0.25) is 0 Å². The van der Waals surface area contributed by atoms with E-state index in [0.717, 1.165) is 30.9 Å². The lowest BCUT2D eigenvalue weighted by molar-refractivity contribution is -0.00517. The Labute approximate surface area is 133 Å². The van der Waals surface area contributed by atoms with Crippen LogP contribution in [0.25, 0.3) is 0 Å². The molecule has 5 nitrogen and oxygen atoms in total. The lowest BCUT2D eigenvalue weighted by Crippen LogP contribution is -2.46. The molecule has 0 spiro atoms. The monoisotopic (exact) mass is 305 g/mol. The highest BCUT2D eigenvalue weighted by Crippen LogP contribution is 2.28. The molecule has 122 valence electrons. The van der Waals surface area contributed by atoms with Gasteiger partial charge in [-0.2, -0.15) is 0 Å². The number of ether oxygens (including phenoxy) is 1. The van der Waals surface area contributed by atoms with Crippen molar-refractivity contribution in [1.82, 2.24) is 5.32 Å². The van der Waals surface area contributed by atoms with Gasteiger partial charge in [0.15, 0.2) is 0 Å². The molecule has 0 bridgehead atoms. The molecule has 0 saturated carbocycles. The van der Waals surface area contributed by atoms with Crippen molar-refractivity contribution in [3.8, 4) is 0 Å². The third-order valence-electron chi connectivity index (χ3n) is 3.90. The lowest BCUT2D eigenvalue weighted by atomic mass is 10.1. The number of nitrogens with zero attached hydrogens (tertiary/aromatic N) is 1. The van der Waals surface area contributed by atoms with E-state index in [2.05, 4.69) is 36.3 Å². The molecule has 1 aromatic rings. The average molecular weight is 305 g/mol. The fourth-order valence-corrected chi connectivity index (χ4v) is 2.71. The third kappa shape index (κ3) is 4.37. The zero-order valence-electron chi connectivity index (χ0n) is 13.9. The molecule has 22 heavy (non-hydrogen) atoms. The zero-order chi connectivity index (χ0) is 16.1. The Kier molecular flexibility index (Phi) is 5.66. The predicted octanol–water partition coefficient (Wildman–Crippen LogP) is 3.22. The molecule has 3 atom stereocenters. The third-order valence-corrected chi connectivity index (χ3v) is 3.90. The van der Waals surface area contributed by atoms with Crippen LogP contribution >= 0.6 is 0 Å². The molecular weight excluding hydrogens is 278 g/mol. The minimum Gasteiger partial charge on any atom is -0.372 e. The van der Waals surface area contributed by atoms with E-state index in [1.54, 1.807) is 0 Å². The number of hydrogen-bond donors (Lipinski definition) is 2. The molecule has 0 radical (unpaired) electrons. The SMILES string of the molecule is CC[C@H](C)NC(=O)Nc1ccccc1N1C[C@@H](C)O[C@H](C)C1. The number of morpholine rings is 1. The van der Waals surface area contributed by atoms with Crippen molar-refractivity contribution < 1.29 is 9.53 Å².